The van der Waals surface area contributed by atoms with Gasteiger partial charge < -0.3 is 21.1 Å². The van der Waals surface area contributed by atoms with E-state index in [4.69, 9.17) is 10.5 Å². The van der Waals surface area contributed by atoms with Gasteiger partial charge in [-0.05, 0) is 42.0 Å². The number of hydrogen-bond acceptors (Lipinski definition) is 6. The van der Waals surface area contributed by atoms with E-state index in [-0.39, 0.29) is 21.9 Å². The molecule has 3 rings (SSSR count). The van der Waals surface area contributed by atoms with Gasteiger partial charge in [-0.15, -0.1) is 0 Å². The van der Waals surface area contributed by atoms with Gasteiger partial charge in [0, 0.05) is 12.1 Å². The zero-order chi connectivity index (χ0) is 23.1. The molecule has 0 unspecified atom stereocenters. The van der Waals surface area contributed by atoms with Crippen LogP contribution in [0.15, 0.2) is 88.7 Å². The average molecular weight is 454 g/mol. The molecule has 4 N–H and O–H groups in total. The Morgan fingerprint density at radius 3 is 2.22 bits per heavy atom. The fourth-order valence-corrected chi connectivity index (χ4v) is 4.51. The molecule has 0 radical (unpaired) electrons. The number of sulfone groups is 1. The summed E-state index contributed by atoms with van der Waals surface area (Å²) in [6.45, 7) is 0. The molecule has 0 aliphatic heterocycles. The van der Waals surface area contributed by atoms with Gasteiger partial charge >= 0.3 is 12.0 Å². The minimum absolute atomic E-state index is 0.0606. The highest BCUT2D eigenvalue weighted by Crippen LogP contribution is 2.27. The van der Waals surface area contributed by atoms with Crippen LogP contribution in [0.4, 0.5) is 16.2 Å². The van der Waals surface area contributed by atoms with Crippen molar-refractivity contribution in [1.29, 1.82) is 0 Å². The Kier molecular flexibility index (Phi) is 7.11. The summed E-state index contributed by atoms with van der Waals surface area (Å²) in [6, 6.07) is 19.1. The molecule has 0 fully saturated rings. The topological polar surface area (TPSA) is 128 Å². The number of methoxy groups -OCH3 is 1. The van der Waals surface area contributed by atoms with Gasteiger partial charge in [0.1, 0.15) is 6.04 Å². The average Bonchev–Trinajstić information content (AvgIpc) is 2.80. The lowest BCUT2D eigenvalue weighted by Crippen LogP contribution is -2.45. The molecule has 0 bridgehead atoms. The van der Waals surface area contributed by atoms with E-state index in [1.807, 2.05) is 0 Å². The first-order valence-electron chi connectivity index (χ1n) is 9.70. The van der Waals surface area contributed by atoms with Gasteiger partial charge in [-0.3, -0.25) is 0 Å². The van der Waals surface area contributed by atoms with E-state index in [9.17, 15) is 18.0 Å². The van der Waals surface area contributed by atoms with E-state index in [0.29, 0.717) is 5.69 Å². The first-order chi connectivity index (χ1) is 15.3. The minimum atomic E-state index is -3.86. The van der Waals surface area contributed by atoms with Gasteiger partial charge in [-0.1, -0.05) is 42.5 Å². The molecular weight excluding hydrogens is 430 g/mol. The molecule has 0 aromatic heterocycles. The van der Waals surface area contributed by atoms with E-state index >= 15 is 0 Å². The fourth-order valence-electron chi connectivity index (χ4n) is 3.07. The van der Waals surface area contributed by atoms with Gasteiger partial charge in [-0.2, -0.15) is 0 Å². The summed E-state index contributed by atoms with van der Waals surface area (Å²) in [7, 11) is -2.64. The number of nitrogens with two attached hydrogens (primary N) is 1. The van der Waals surface area contributed by atoms with Crippen LogP contribution < -0.4 is 16.4 Å². The smallest absolute Gasteiger partial charge is 0.328 e. The van der Waals surface area contributed by atoms with Crippen molar-refractivity contribution < 1.29 is 22.7 Å². The highest BCUT2D eigenvalue weighted by atomic mass is 32.2. The van der Waals surface area contributed by atoms with E-state index in [1.165, 1.54) is 31.4 Å². The predicted molar refractivity (Wildman–Crippen MR) is 121 cm³/mol. The highest BCUT2D eigenvalue weighted by Gasteiger charge is 2.25. The van der Waals surface area contributed by atoms with Crippen LogP contribution in [0, 0.1) is 0 Å². The van der Waals surface area contributed by atoms with Crippen LogP contribution in [0.1, 0.15) is 5.56 Å². The maximum Gasteiger partial charge on any atom is 0.328 e. The molecule has 9 heteroatoms. The highest BCUT2D eigenvalue weighted by molar-refractivity contribution is 7.91. The molecule has 0 heterocycles. The molecule has 0 aliphatic carbocycles. The fraction of sp³-hybridized carbons (Fsp3) is 0.130. The van der Waals surface area contributed by atoms with Crippen molar-refractivity contribution in [1.82, 2.24) is 5.32 Å². The first kappa shape index (κ1) is 22.8. The zero-order valence-corrected chi connectivity index (χ0v) is 18.1. The maximum absolute atomic E-state index is 13.0. The van der Waals surface area contributed by atoms with Crippen molar-refractivity contribution in [2.24, 2.45) is 0 Å². The third-order valence-electron chi connectivity index (χ3n) is 4.69. The summed E-state index contributed by atoms with van der Waals surface area (Å²) in [5, 5.41) is 5.08. The molecule has 2 amide bonds. The Morgan fingerprint density at radius 2 is 1.56 bits per heavy atom. The molecule has 1 atom stereocenters. The number of para-hydroxylation sites is 1. The second-order valence-electron chi connectivity index (χ2n) is 6.93. The van der Waals surface area contributed by atoms with E-state index in [0.717, 1.165) is 5.56 Å². The third kappa shape index (κ3) is 5.44. The van der Waals surface area contributed by atoms with Crippen molar-refractivity contribution in [2.75, 3.05) is 18.2 Å². The Balaban J connectivity index is 1.80. The van der Waals surface area contributed by atoms with Crippen LogP contribution >= 0.6 is 0 Å². The van der Waals surface area contributed by atoms with Crippen molar-refractivity contribution in [2.45, 2.75) is 22.3 Å². The van der Waals surface area contributed by atoms with Crippen LogP contribution in [0.3, 0.4) is 0 Å². The number of ether oxygens (including phenoxy) is 1. The normalized spacial score (nSPS) is 11.9. The van der Waals surface area contributed by atoms with Gasteiger partial charge in [-0.25, -0.2) is 18.0 Å². The van der Waals surface area contributed by atoms with Crippen LogP contribution in [0.25, 0.3) is 0 Å². The van der Waals surface area contributed by atoms with Crippen molar-refractivity contribution in [3.05, 3.63) is 84.4 Å². The van der Waals surface area contributed by atoms with Gasteiger partial charge in [0.05, 0.1) is 22.6 Å². The molecule has 0 saturated heterocycles. The molecule has 32 heavy (non-hydrogen) atoms. The number of anilines is 2. The van der Waals surface area contributed by atoms with Crippen LogP contribution in [0.5, 0.6) is 0 Å². The molecule has 0 aliphatic rings. The number of nitrogen functional groups attached to an aromatic ring is 1. The zero-order valence-electron chi connectivity index (χ0n) is 17.3. The number of amides is 2. The number of benzene rings is 3. The number of hydrogen-bond donors (Lipinski definition) is 3. The Hall–Kier alpha value is -3.85. The molecule has 0 spiro atoms. The Labute approximate surface area is 186 Å². The molecule has 0 saturated carbocycles. The Bertz CT molecular complexity index is 1200. The lowest BCUT2D eigenvalue weighted by atomic mass is 10.1. The van der Waals surface area contributed by atoms with Crippen LogP contribution in [-0.2, 0) is 25.8 Å². The van der Waals surface area contributed by atoms with E-state index < -0.39 is 27.9 Å². The maximum atomic E-state index is 13.0. The number of carbonyl (C=O) groups excluding carboxylic acids is 2. The van der Waals surface area contributed by atoms with E-state index in [2.05, 4.69) is 10.6 Å². The standard InChI is InChI=1S/C23H23N3O5S/c1-31-22(27)20(15-16-11-13-17(24)14-12-16)26-23(28)25-19-9-5-6-10-21(19)32(29,30)18-7-3-2-4-8-18/h2-14,20H,15,24H2,1H3,(H2,25,26,28)/t20-/m0/s1. The van der Waals surface area contributed by atoms with Crippen LogP contribution in [0.2, 0.25) is 0 Å². The van der Waals surface area contributed by atoms with Crippen molar-refractivity contribution in [3.8, 4) is 0 Å². The SMILES string of the molecule is COC(=O)[C@H](Cc1ccc(N)cc1)NC(=O)Nc1ccccc1S(=O)(=O)c1ccccc1. The Morgan fingerprint density at radius 1 is 0.938 bits per heavy atom. The van der Waals surface area contributed by atoms with E-state index in [1.54, 1.807) is 54.6 Å². The van der Waals surface area contributed by atoms with Gasteiger partial charge in [0.2, 0.25) is 9.84 Å². The minimum Gasteiger partial charge on any atom is -0.467 e. The van der Waals surface area contributed by atoms with Crippen molar-refractivity contribution >= 4 is 33.2 Å². The molecule has 8 nitrogen and oxygen atoms in total. The number of urea groups is 1. The second kappa shape index (κ2) is 9.97. The monoisotopic (exact) mass is 453 g/mol. The largest absolute Gasteiger partial charge is 0.467 e. The number of carbonyl (C=O) groups is 2. The quantitative estimate of drug-likeness (QED) is 0.373. The van der Waals surface area contributed by atoms with Crippen molar-refractivity contribution in [3.63, 3.8) is 0 Å². The lowest BCUT2D eigenvalue weighted by Gasteiger charge is -2.18. The number of rotatable bonds is 7. The summed E-state index contributed by atoms with van der Waals surface area (Å²) in [5.41, 5.74) is 7.11. The second-order valence-corrected chi connectivity index (χ2v) is 8.85. The first-order valence-corrected chi connectivity index (χ1v) is 11.2. The van der Waals surface area contributed by atoms with Gasteiger partial charge in [0.25, 0.3) is 0 Å². The summed E-state index contributed by atoms with van der Waals surface area (Å²) in [4.78, 5) is 24.9. The summed E-state index contributed by atoms with van der Waals surface area (Å²) < 4.78 is 30.8. The van der Waals surface area contributed by atoms with Crippen LogP contribution in [-0.4, -0.2) is 33.6 Å². The summed E-state index contributed by atoms with van der Waals surface area (Å²) in [6.07, 6.45) is 0.171. The molecule has 3 aromatic rings. The lowest BCUT2D eigenvalue weighted by molar-refractivity contribution is -0.142. The predicted octanol–water partition coefficient (Wildman–Crippen LogP) is 3.01. The molecular formula is C23H23N3O5S. The summed E-state index contributed by atoms with van der Waals surface area (Å²) in [5.74, 6) is -0.637. The molecule has 3 aromatic carbocycles. The molecule has 166 valence electrons. The van der Waals surface area contributed by atoms with Gasteiger partial charge in [0.15, 0.2) is 0 Å². The number of nitrogens with one attached hydrogen (secondary N) is 2. The third-order valence-corrected chi connectivity index (χ3v) is 6.52. The summed E-state index contributed by atoms with van der Waals surface area (Å²) >= 11 is 0. The number of esters is 1.